The Morgan fingerprint density at radius 3 is 2.64 bits per heavy atom. The number of imidazole rings is 1. The molecule has 1 aliphatic rings. The van der Waals surface area contributed by atoms with Crippen LogP contribution in [0.15, 0.2) is 6.33 Å². The van der Waals surface area contributed by atoms with Crippen LogP contribution in [-0.2, 0) is 0 Å². The molecule has 0 amide bonds. The average Bonchev–Trinajstić information content (AvgIpc) is 2.15. The minimum Gasteiger partial charge on any atom is -0.329 e. The third kappa shape index (κ3) is 0.959. The predicted octanol–water partition coefficient (Wildman–Crippen LogP) is 0.644. The predicted molar refractivity (Wildman–Crippen MR) is 43.6 cm³/mol. The first-order valence-electron chi connectivity index (χ1n) is 4.00. The first-order chi connectivity index (χ1) is 5.29. The normalized spacial score (nSPS) is 18.4. The summed E-state index contributed by atoms with van der Waals surface area (Å²) in [5.41, 5.74) is 2.45. The minimum atomic E-state index is 0.649. The second-order valence-corrected chi connectivity index (χ2v) is 3.13. The molecule has 0 aromatic carbocycles. The van der Waals surface area contributed by atoms with Gasteiger partial charge in [0.2, 0.25) is 0 Å². The van der Waals surface area contributed by atoms with E-state index in [1.807, 2.05) is 6.33 Å². The quantitative estimate of drug-likeness (QED) is 0.638. The lowest BCUT2D eigenvalue weighted by Crippen LogP contribution is -2.43. The van der Waals surface area contributed by atoms with Gasteiger partial charge in [0.05, 0.1) is 18.1 Å². The molecule has 2 heterocycles. The minimum absolute atomic E-state index is 0.649. The zero-order valence-corrected chi connectivity index (χ0v) is 6.96. The fourth-order valence-electron chi connectivity index (χ4n) is 1.35. The van der Waals surface area contributed by atoms with Gasteiger partial charge in [-0.2, -0.15) is 0 Å². The Morgan fingerprint density at radius 2 is 2.27 bits per heavy atom. The van der Waals surface area contributed by atoms with Crippen molar-refractivity contribution in [2.45, 2.75) is 19.9 Å². The van der Waals surface area contributed by atoms with E-state index in [-0.39, 0.29) is 0 Å². The van der Waals surface area contributed by atoms with E-state index in [0.29, 0.717) is 6.04 Å². The molecular formula is C8H13N3. The highest BCUT2D eigenvalue weighted by Gasteiger charge is 2.19. The van der Waals surface area contributed by atoms with E-state index in [2.05, 4.69) is 28.7 Å². The molecule has 1 fully saturated rings. The van der Waals surface area contributed by atoms with E-state index < -0.39 is 0 Å². The summed E-state index contributed by atoms with van der Waals surface area (Å²) in [6, 6.07) is 0.649. The molecule has 1 saturated heterocycles. The van der Waals surface area contributed by atoms with E-state index in [0.717, 1.165) is 18.8 Å². The van der Waals surface area contributed by atoms with Gasteiger partial charge in [0.15, 0.2) is 0 Å². The van der Waals surface area contributed by atoms with Crippen LogP contribution in [0.5, 0.6) is 0 Å². The lowest BCUT2D eigenvalue weighted by molar-refractivity contribution is 0.339. The third-order valence-electron chi connectivity index (χ3n) is 2.44. The third-order valence-corrected chi connectivity index (χ3v) is 2.44. The van der Waals surface area contributed by atoms with Gasteiger partial charge in [0.1, 0.15) is 0 Å². The van der Waals surface area contributed by atoms with Crippen molar-refractivity contribution in [3.8, 4) is 0 Å². The first-order valence-corrected chi connectivity index (χ1v) is 4.00. The topological polar surface area (TPSA) is 29.9 Å². The van der Waals surface area contributed by atoms with Crippen LogP contribution in [0.2, 0.25) is 0 Å². The van der Waals surface area contributed by atoms with Gasteiger partial charge in [-0.25, -0.2) is 4.98 Å². The molecule has 3 heteroatoms. The van der Waals surface area contributed by atoms with Crippen molar-refractivity contribution < 1.29 is 0 Å². The molecule has 0 aliphatic carbocycles. The van der Waals surface area contributed by atoms with E-state index in [1.165, 1.54) is 5.69 Å². The fraction of sp³-hybridized carbons (Fsp3) is 0.625. The van der Waals surface area contributed by atoms with Crippen LogP contribution in [0.25, 0.3) is 0 Å². The van der Waals surface area contributed by atoms with Crippen molar-refractivity contribution >= 4 is 0 Å². The highest BCUT2D eigenvalue weighted by atomic mass is 15.2. The lowest BCUT2D eigenvalue weighted by atomic mass is 10.2. The summed E-state index contributed by atoms with van der Waals surface area (Å²) in [5.74, 6) is 0. The van der Waals surface area contributed by atoms with Gasteiger partial charge in [0, 0.05) is 18.8 Å². The molecule has 0 saturated carbocycles. The highest BCUT2D eigenvalue weighted by Crippen LogP contribution is 2.15. The van der Waals surface area contributed by atoms with Crippen molar-refractivity contribution in [1.29, 1.82) is 0 Å². The van der Waals surface area contributed by atoms with Gasteiger partial charge in [-0.3, -0.25) is 0 Å². The van der Waals surface area contributed by atoms with Crippen LogP contribution >= 0.6 is 0 Å². The van der Waals surface area contributed by atoms with Crippen molar-refractivity contribution in [3.63, 3.8) is 0 Å². The van der Waals surface area contributed by atoms with Crippen LogP contribution < -0.4 is 5.32 Å². The molecule has 60 valence electrons. The number of nitrogens with zero attached hydrogens (tertiary/aromatic N) is 2. The Hall–Kier alpha value is -0.830. The van der Waals surface area contributed by atoms with E-state index in [4.69, 9.17) is 0 Å². The summed E-state index contributed by atoms with van der Waals surface area (Å²) in [6.07, 6.45) is 1.94. The maximum absolute atomic E-state index is 4.25. The standard InChI is InChI=1S/C8H13N3/c1-6-7(2)11(5-10-6)8-3-9-4-8/h5,8-9H,3-4H2,1-2H3. The second-order valence-electron chi connectivity index (χ2n) is 3.13. The largest absolute Gasteiger partial charge is 0.329 e. The summed E-state index contributed by atoms with van der Waals surface area (Å²) in [7, 11) is 0. The van der Waals surface area contributed by atoms with Crippen molar-refractivity contribution in [2.24, 2.45) is 0 Å². The Labute approximate surface area is 66.4 Å². The van der Waals surface area contributed by atoms with E-state index in [9.17, 15) is 0 Å². The molecule has 0 atom stereocenters. The van der Waals surface area contributed by atoms with Crippen LogP contribution in [0, 0.1) is 13.8 Å². The van der Waals surface area contributed by atoms with Gasteiger partial charge < -0.3 is 9.88 Å². The molecule has 0 spiro atoms. The fourth-order valence-corrected chi connectivity index (χ4v) is 1.35. The molecule has 2 rings (SSSR count). The second kappa shape index (κ2) is 2.34. The van der Waals surface area contributed by atoms with Gasteiger partial charge in [-0.05, 0) is 13.8 Å². The number of aromatic nitrogens is 2. The van der Waals surface area contributed by atoms with Gasteiger partial charge in [-0.1, -0.05) is 0 Å². The van der Waals surface area contributed by atoms with Crippen molar-refractivity contribution in [3.05, 3.63) is 17.7 Å². The molecule has 3 nitrogen and oxygen atoms in total. The van der Waals surface area contributed by atoms with Gasteiger partial charge in [-0.15, -0.1) is 0 Å². The molecule has 1 aromatic heterocycles. The summed E-state index contributed by atoms with van der Waals surface area (Å²) in [6.45, 7) is 6.37. The molecule has 0 radical (unpaired) electrons. The number of rotatable bonds is 1. The highest BCUT2D eigenvalue weighted by molar-refractivity contribution is 5.10. The lowest BCUT2D eigenvalue weighted by Gasteiger charge is -2.29. The average molecular weight is 151 g/mol. The van der Waals surface area contributed by atoms with Gasteiger partial charge >= 0.3 is 0 Å². The molecule has 1 N–H and O–H groups in total. The molecule has 11 heavy (non-hydrogen) atoms. The Morgan fingerprint density at radius 1 is 1.55 bits per heavy atom. The molecule has 1 aromatic rings. The maximum Gasteiger partial charge on any atom is 0.0954 e. The Kier molecular flexibility index (Phi) is 1.46. The number of nitrogens with one attached hydrogen (secondary N) is 1. The monoisotopic (exact) mass is 151 g/mol. The van der Waals surface area contributed by atoms with E-state index >= 15 is 0 Å². The summed E-state index contributed by atoms with van der Waals surface area (Å²) in [4.78, 5) is 4.25. The van der Waals surface area contributed by atoms with Crippen molar-refractivity contribution in [1.82, 2.24) is 14.9 Å². The number of aryl methyl sites for hydroxylation is 1. The molecule has 1 aliphatic heterocycles. The Balaban J connectivity index is 2.29. The SMILES string of the molecule is Cc1ncn(C2CNC2)c1C. The smallest absolute Gasteiger partial charge is 0.0954 e. The number of hydrogen-bond donors (Lipinski definition) is 1. The van der Waals surface area contributed by atoms with Crippen LogP contribution in [0.4, 0.5) is 0 Å². The molecule has 0 unspecified atom stereocenters. The summed E-state index contributed by atoms with van der Waals surface area (Å²) in [5, 5.41) is 3.25. The first kappa shape index (κ1) is 6.85. The molecular weight excluding hydrogens is 138 g/mol. The molecule has 0 bridgehead atoms. The summed E-state index contributed by atoms with van der Waals surface area (Å²) < 4.78 is 2.26. The van der Waals surface area contributed by atoms with Crippen molar-refractivity contribution in [2.75, 3.05) is 13.1 Å². The van der Waals surface area contributed by atoms with Gasteiger partial charge in [0.25, 0.3) is 0 Å². The van der Waals surface area contributed by atoms with Crippen LogP contribution in [0.1, 0.15) is 17.4 Å². The Bertz CT molecular complexity index is 260. The number of hydrogen-bond acceptors (Lipinski definition) is 2. The van der Waals surface area contributed by atoms with Crippen LogP contribution in [-0.4, -0.2) is 22.6 Å². The van der Waals surface area contributed by atoms with E-state index in [1.54, 1.807) is 0 Å². The van der Waals surface area contributed by atoms with Crippen LogP contribution in [0.3, 0.4) is 0 Å². The maximum atomic E-state index is 4.25. The summed E-state index contributed by atoms with van der Waals surface area (Å²) >= 11 is 0. The zero-order valence-electron chi connectivity index (χ0n) is 6.96. The zero-order chi connectivity index (χ0) is 7.84.